The predicted molar refractivity (Wildman–Crippen MR) is 95.3 cm³/mol. The van der Waals surface area contributed by atoms with E-state index in [1.54, 1.807) is 4.68 Å². The normalized spacial score (nSPS) is 14.5. The lowest BCUT2D eigenvalue weighted by Gasteiger charge is -2.18. The molecular weight excluding hydrogens is 302 g/mol. The predicted octanol–water partition coefficient (Wildman–Crippen LogP) is 2.23. The Morgan fingerprint density at radius 3 is 2.71 bits per heavy atom. The van der Waals surface area contributed by atoms with Crippen LogP contribution in [0.5, 0.6) is 0 Å². The fourth-order valence-corrected chi connectivity index (χ4v) is 3.19. The Kier molecular flexibility index (Phi) is 4.85. The maximum atomic E-state index is 12.8. The van der Waals surface area contributed by atoms with Crippen molar-refractivity contribution in [3.63, 3.8) is 0 Å². The Balaban J connectivity index is 1.85. The first kappa shape index (κ1) is 16.9. The third-order valence-electron chi connectivity index (χ3n) is 4.84. The Morgan fingerprint density at radius 2 is 2.08 bits per heavy atom. The summed E-state index contributed by atoms with van der Waals surface area (Å²) >= 11 is 0. The SMILES string of the molecule is CCN(CC)CCNC(=O)c1cc(C2CC2)nc2c1c(C)nn2C. The average Bonchev–Trinajstić information content (AvgIpc) is 3.38. The van der Waals surface area contributed by atoms with Gasteiger partial charge in [-0.2, -0.15) is 5.10 Å². The lowest BCUT2D eigenvalue weighted by Crippen LogP contribution is -2.35. The molecule has 0 atom stereocenters. The van der Waals surface area contributed by atoms with E-state index < -0.39 is 0 Å². The van der Waals surface area contributed by atoms with E-state index in [4.69, 9.17) is 4.98 Å². The van der Waals surface area contributed by atoms with Gasteiger partial charge in [0.05, 0.1) is 16.6 Å². The van der Waals surface area contributed by atoms with Crippen molar-refractivity contribution in [2.75, 3.05) is 26.2 Å². The van der Waals surface area contributed by atoms with Crippen LogP contribution in [0.25, 0.3) is 11.0 Å². The van der Waals surface area contributed by atoms with Crippen molar-refractivity contribution in [2.45, 2.75) is 39.5 Å². The second kappa shape index (κ2) is 6.89. The molecule has 0 spiro atoms. The minimum absolute atomic E-state index is 0.0208. The maximum absolute atomic E-state index is 12.8. The van der Waals surface area contributed by atoms with Crippen LogP contribution in [0.1, 0.15) is 54.4 Å². The number of aryl methyl sites for hydroxylation is 2. The van der Waals surface area contributed by atoms with Gasteiger partial charge in [-0.15, -0.1) is 0 Å². The van der Waals surface area contributed by atoms with Gasteiger partial charge in [0.25, 0.3) is 5.91 Å². The zero-order valence-electron chi connectivity index (χ0n) is 15.1. The molecule has 2 heterocycles. The highest BCUT2D eigenvalue weighted by atomic mass is 16.1. The van der Waals surface area contributed by atoms with E-state index in [9.17, 15) is 4.79 Å². The summed E-state index contributed by atoms with van der Waals surface area (Å²) in [7, 11) is 1.89. The molecule has 1 aliphatic rings. The third-order valence-corrected chi connectivity index (χ3v) is 4.84. The Morgan fingerprint density at radius 1 is 1.38 bits per heavy atom. The number of carbonyl (C=O) groups is 1. The van der Waals surface area contributed by atoms with Crippen LogP contribution in [-0.2, 0) is 7.05 Å². The smallest absolute Gasteiger partial charge is 0.252 e. The minimum Gasteiger partial charge on any atom is -0.351 e. The van der Waals surface area contributed by atoms with Gasteiger partial charge >= 0.3 is 0 Å². The lowest BCUT2D eigenvalue weighted by atomic mass is 10.1. The molecule has 1 N–H and O–H groups in total. The first-order valence-electron chi connectivity index (χ1n) is 8.89. The number of rotatable bonds is 7. The molecule has 130 valence electrons. The zero-order valence-corrected chi connectivity index (χ0v) is 15.1. The van der Waals surface area contributed by atoms with E-state index >= 15 is 0 Å². The van der Waals surface area contributed by atoms with E-state index in [0.29, 0.717) is 18.0 Å². The first-order valence-corrected chi connectivity index (χ1v) is 8.89. The topological polar surface area (TPSA) is 63.1 Å². The van der Waals surface area contributed by atoms with Gasteiger partial charge in [0.2, 0.25) is 0 Å². The zero-order chi connectivity index (χ0) is 17.3. The lowest BCUT2D eigenvalue weighted by molar-refractivity contribution is 0.0950. The minimum atomic E-state index is -0.0208. The summed E-state index contributed by atoms with van der Waals surface area (Å²) in [5.74, 6) is 0.486. The molecule has 0 aromatic carbocycles. The molecule has 1 fully saturated rings. The van der Waals surface area contributed by atoms with Crippen LogP contribution in [-0.4, -0.2) is 51.8 Å². The van der Waals surface area contributed by atoms with Crippen LogP contribution >= 0.6 is 0 Å². The van der Waals surface area contributed by atoms with Crippen LogP contribution in [0.4, 0.5) is 0 Å². The molecule has 1 aliphatic carbocycles. The van der Waals surface area contributed by atoms with Gasteiger partial charge in [-0.1, -0.05) is 13.8 Å². The number of aromatic nitrogens is 3. The summed E-state index contributed by atoms with van der Waals surface area (Å²) in [6.07, 6.45) is 2.33. The van der Waals surface area contributed by atoms with Gasteiger partial charge in [-0.3, -0.25) is 9.48 Å². The molecular formula is C18H27N5O. The van der Waals surface area contributed by atoms with Crippen molar-refractivity contribution >= 4 is 16.9 Å². The maximum Gasteiger partial charge on any atom is 0.252 e. The number of likely N-dealkylation sites (N-methyl/N-ethyl adjacent to an activating group) is 1. The van der Waals surface area contributed by atoms with Crippen molar-refractivity contribution in [1.29, 1.82) is 0 Å². The number of fused-ring (bicyclic) bond motifs is 1. The summed E-state index contributed by atoms with van der Waals surface area (Å²) in [5, 5.41) is 8.40. The fraction of sp³-hybridized carbons (Fsp3) is 0.611. The number of nitrogens with one attached hydrogen (secondary N) is 1. The van der Waals surface area contributed by atoms with Gasteiger partial charge in [0.15, 0.2) is 5.65 Å². The Bertz CT molecular complexity index is 743. The Hall–Kier alpha value is -1.95. The van der Waals surface area contributed by atoms with Crippen molar-refractivity contribution in [1.82, 2.24) is 25.0 Å². The van der Waals surface area contributed by atoms with Crippen molar-refractivity contribution in [3.8, 4) is 0 Å². The molecule has 6 nitrogen and oxygen atoms in total. The number of pyridine rings is 1. The number of carbonyl (C=O) groups excluding carboxylic acids is 1. The van der Waals surface area contributed by atoms with Gasteiger partial charge in [0, 0.05) is 31.7 Å². The number of hydrogen-bond donors (Lipinski definition) is 1. The second-order valence-electron chi connectivity index (χ2n) is 6.56. The number of amides is 1. The van der Waals surface area contributed by atoms with Crippen molar-refractivity contribution in [2.24, 2.45) is 7.05 Å². The standard InChI is InChI=1S/C18H27N5O/c1-5-23(6-2)10-9-19-18(24)14-11-15(13-7-8-13)20-17-16(14)12(3)21-22(17)4/h11,13H,5-10H2,1-4H3,(H,19,24). The average molecular weight is 329 g/mol. The van der Waals surface area contributed by atoms with Crippen molar-refractivity contribution in [3.05, 3.63) is 23.0 Å². The van der Waals surface area contributed by atoms with E-state index in [-0.39, 0.29) is 5.91 Å². The highest BCUT2D eigenvalue weighted by molar-refractivity contribution is 6.06. The summed E-state index contributed by atoms with van der Waals surface area (Å²) in [5.41, 5.74) is 3.41. The van der Waals surface area contributed by atoms with Crippen molar-refractivity contribution < 1.29 is 4.79 Å². The molecule has 6 heteroatoms. The molecule has 0 aliphatic heterocycles. The van der Waals surface area contributed by atoms with Crippen LogP contribution in [0.15, 0.2) is 6.07 Å². The van der Waals surface area contributed by atoms with E-state index in [0.717, 1.165) is 42.1 Å². The number of hydrogen-bond acceptors (Lipinski definition) is 4. The second-order valence-corrected chi connectivity index (χ2v) is 6.56. The Labute approximate surface area is 143 Å². The fourth-order valence-electron chi connectivity index (χ4n) is 3.19. The molecule has 0 radical (unpaired) electrons. The molecule has 24 heavy (non-hydrogen) atoms. The highest BCUT2D eigenvalue weighted by Gasteiger charge is 2.28. The first-order chi connectivity index (χ1) is 11.5. The molecule has 1 amide bonds. The third kappa shape index (κ3) is 3.29. The van der Waals surface area contributed by atoms with Gasteiger partial charge in [-0.05, 0) is 38.9 Å². The largest absolute Gasteiger partial charge is 0.351 e. The van der Waals surface area contributed by atoms with Crippen LogP contribution < -0.4 is 5.32 Å². The van der Waals surface area contributed by atoms with Gasteiger partial charge in [-0.25, -0.2) is 4.98 Å². The van der Waals surface area contributed by atoms with E-state index in [1.165, 1.54) is 12.8 Å². The molecule has 2 aromatic rings. The summed E-state index contributed by atoms with van der Waals surface area (Å²) in [4.78, 5) is 19.8. The van der Waals surface area contributed by atoms with Gasteiger partial charge < -0.3 is 10.2 Å². The molecule has 1 saturated carbocycles. The quantitative estimate of drug-likeness (QED) is 0.846. The monoisotopic (exact) mass is 329 g/mol. The highest BCUT2D eigenvalue weighted by Crippen LogP contribution is 2.40. The van der Waals surface area contributed by atoms with Gasteiger partial charge in [0.1, 0.15) is 0 Å². The molecule has 3 rings (SSSR count). The van der Waals surface area contributed by atoms with E-state index in [2.05, 4.69) is 29.2 Å². The molecule has 2 aromatic heterocycles. The summed E-state index contributed by atoms with van der Waals surface area (Å²) in [6, 6.07) is 1.97. The van der Waals surface area contributed by atoms with Crippen LogP contribution in [0.2, 0.25) is 0 Å². The summed E-state index contributed by atoms with van der Waals surface area (Å²) in [6.45, 7) is 9.74. The van der Waals surface area contributed by atoms with E-state index in [1.807, 2.05) is 20.0 Å². The molecule has 0 saturated heterocycles. The van der Waals surface area contributed by atoms with Crippen LogP contribution in [0.3, 0.4) is 0 Å². The molecule has 0 bridgehead atoms. The van der Waals surface area contributed by atoms with Crippen LogP contribution in [0, 0.1) is 6.92 Å². The molecule has 0 unspecified atom stereocenters. The summed E-state index contributed by atoms with van der Waals surface area (Å²) < 4.78 is 1.78. The number of nitrogens with zero attached hydrogens (tertiary/aromatic N) is 4.